The molecule has 0 heterocycles. The summed E-state index contributed by atoms with van der Waals surface area (Å²) in [7, 11) is 0. The van der Waals surface area contributed by atoms with Crippen LogP contribution in [0.25, 0.3) is 11.1 Å². The van der Waals surface area contributed by atoms with E-state index in [0.717, 1.165) is 24.1 Å². The van der Waals surface area contributed by atoms with Crippen LogP contribution in [0.5, 0.6) is 0 Å². The molecule has 1 amide bonds. The van der Waals surface area contributed by atoms with Crippen molar-refractivity contribution in [1.82, 2.24) is 5.43 Å². The van der Waals surface area contributed by atoms with E-state index < -0.39 is 0 Å². The third kappa shape index (κ3) is 7.78. The summed E-state index contributed by atoms with van der Waals surface area (Å²) in [5, 5.41) is 4.25. The van der Waals surface area contributed by atoms with E-state index >= 15 is 0 Å². The van der Waals surface area contributed by atoms with Crippen molar-refractivity contribution < 1.29 is 4.79 Å². The van der Waals surface area contributed by atoms with Crippen LogP contribution in [0.4, 0.5) is 0 Å². The average Bonchev–Trinajstić information content (AvgIpc) is 2.72. The Labute approximate surface area is 163 Å². The number of nitrogens with one attached hydrogen (secondary N) is 1. The summed E-state index contributed by atoms with van der Waals surface area (Å²) >= 11 is 0. The van der Waals surface area contributed by atoms with Crippen molar-refractivity contribution in [3.8, 4) is 11.1 Å². The molecule has 0 aliphatic heterocycles. The lowest BCUT2D eigenvalue weighted by Crippen LogP contribution is -2.18. The number of hydrogen-bond acceptors (Lipinski definition) is 2. The Morgan fingerprint density at radius 2 is 1.41 bits per heavy atom. The smallest absolute Gasteiger partial charge is 0.240 e. The Hall–Kier alpha value is -2.42. The summed E-state index contributed by atoms with van der Waals surface area (Å²) in [6.45, 7) is 4.15. The molecule has 27 heavy (non-hydrogen) atoms. The Kier molecular flexibility index (Phi) is 9.33. The number of rotatable bonds is 11. The number of amides is 1. The molecule has 144 valence electrons. The van der Waals surface area contributed by atoms with Gasteiger partial charge in [-0.3, -0.25) is 4.79 Å². The number of hydrazone groups is 1. The van der Waals surface area contributed by atoms with Gasteiger partial charge < -0.3 is 0 Å². The van der Waals surface area contributed by atoms with Crippen molar-refractivity contribution in [2.75, 3.05) is 0 Å². The van der Waals surface area contributed by atoms with Gasteiger partial charge in [-0.1, -0.05) is 100 Å². The summed E-state index contributed by atoms with van der Waals surface area (Å²) in [5.74, 6) is 0.00353. The van der Waals surface area contributed by atoms with Crippen LogP contribution in [-0.2, 0) is 4.79 Å². The summed E-state index contributed by atoms with van der Waals surface area (Å²) in [6.07, 6.45) is 9.04. The van der Waals surface area contributed by atoms with Crippen molar-refractivity contribution in [2.45, 2.75) is 65.2 Å². The molecule has 1 N–H and O–H groups in total. The molecule has 0 aliphatic carbocycles. The second-order valence-corrected chi connectivity index (χ2v) is 7.05. The molecule has 2 rings (SSSR count). The molecule has 0 bridgehead atoms. The molecule has 0 aliphatic rings. The molecule has 0 fully saturated rings. The molecule has 2 aromatic carbocycles. The van der Waals surface area contributed by atoms with E-state index in [9.17, 15) is 4.79 Å². The molecule has 0 aromatic heterocycles. The largest absolute Gasteiger partial charge is 0.273 e. The van der Waals surface area contributed by atoms with Gasteiger partial charge in [-0.25, -0.2) is 5.43 Å². The van der Waals surface area contributed by atoms with E-state index in [-0.39, 0.29) is 5.91 Å². The molecule has 0 unspecified atom stereocenters. The summed E-state index contributed by atoms with van der Waals surface area (Å²) in [5.41, 5.74) is 6.90. The van der Waals surface area contributed by atoms with Gasteiger partial charge in [0.25, 0.3) is 0 Å². The van der Waals surface area contributed by atoms with Crippen molar-refractivity contribution in [3.63, 3.8) is 0 Å². The van der Waals surface area contributed by atoms with E-state index in [0.29, 0.717) is 6.42 Å². The maximum atomic E-state index is 11.9. The van der Waals surface area contributed by atoms with Gasteiger partial charge in [0.15, 0.2) is 0 Å². The van der Waals surface area contributed by atoms with Gasteiger partial charge in [-0.15, -0.1) is 0 Å². The molecule has 0 radical (unpaired) electrons. The number of hydrogen-bond donors (Lipinski definition) is 1. The Morgan fingerprint density at radius 3 is 2.07 bits per heavy atom. The first-order valence-electron chi connectivity index (χ1n) is 10.2. The second-order valence-electron chi connectivity index (χ2n) is 7.05. The maximum Gasteiger partial charge on any atom is 0.240 e. The van der Waals surface area contributed by atoms with Crippen LogP contribution < -0.4 is 5.43 Å². The van der Waals surface area contributed by atoms with E-state index in [1.807, 2.05) is 37.3 Å². The number of nitrogens with zero attached hydrogens (tertiary/aromatic N) is 1. The molecular formula is C24H32N2O. The average molecular weight is 365 g/mol. The fraction of sp³-hybridized carbons (Fsp3) is 0.417. The molecule has 3 heteroatoms. The molecular weight excluding hydrogens is 332 g/mol. The number of carbonyl (C=O) groups excluding carboxylic acids is 1. The maximum absolute atomic E-state index is 11.9. The minimum Gasteiger partial charge on any atom is -0.273 e. The van der Waals surface area contributed by atoms with Gasteiger partial charge in [0.05, 0.1) is 5.71 Å². The quantitative estimate of drug-likeness (QED) is 0.282. The van der Waals surface area contributed by atoms with Crippen LogP contribution in [0.3, 0.4) is 0 Å². The highest BCUT2D eigenvalue weighted by Gasteiger charge is 2.03. The Bertz CT molecular complexity index is 705. The van der Waals surface area contributed by atoms with Crippen molar-refractivity contribution in [2.24, 2.45) is 5.10 Å². The van der Waals surface area contributed by atoms with Gasteiger partial charge in [-0.2, -0.15) is 5.10 Å². The van der Waals surface area contributed by atoms with Crippen LogP contribution in [0.1, 0.15) is 70.8 Å². The summed E-state index contributed by atoms with van der Waals surface area (Å²) in [6, 6.07) is 18.6. The van der Waals surface area contributed by atoms with Gasteiger partial charge in [0.1, 0.15) is 0 Å². The van der Waals surface area contributed by atoms with Crippen LogP contribution in [0.15, 0.2) is 59.7 Å². The third-order valence-corrected chi connectivity index (χ3v) is 4.77. The monoisotopic (exact) mass is 364 g/mol. The first kappa shape index (κ1) is 20.9. The first-order valence-corrected chi connectivity index (χ1v) is 10.2. The lowest BCUT2D eigenvalue weighted by Gasteiger charge is -2.05. The molecule has 0 saturated heterocycles. The minimum absolute atomic E-state index is 0.00353. The second kappa shape index (κ2) is 12.1. The van der Waals surface area contributed by atoms with Crippen LogP contribution in [0, 0.1) is 0 Å². The van der Waals surface area contributed by atoms with E-state index in [4.69, 9.17) is 0 Å². The van der Waals surface area contributed by atoms with E-state index in [1.165, 1.54) is 43.2 Å². The lowest BCUT2D eigenvalue weighted by molar-refractivity contribution is -0.121. The third-order valence-electron chi connectivity index (χ3n) is 4.77. The molecule has 0 saturated carbocycles. The highest BCUT2D eigenvalue weighted by atomic mass is 16.2. The SMILES string of the molecule is CCCCCCCCCC(=O)N/N=C(\C)c1ccc(-c2ccccc2)cc1. The number of carbonyl (C=O) groups is 1. The standard InChI is InChI=1S/C24H32N2O/c1-3-4-5-6-7-8-12-15-24(27)26-25-20(2)21-16-18-23(19-17-21)22-13-10-9-11-14-22/h9-11,13-14,16-19H,3-8,12,15H2,1-2H3,(H,26,27)/b25-20+. The first-order chi connectivity index (χ1) is 13.2. The lowest BCUT2D eigenvalue weighted by atomic mass is 10.0. The van der Waals surface area contributed by atoms with Crippen LogP contribution in [-0.4, -0.2) is 11.6 Å². The van der Waals surface area contributed by atoms with E-state index in [2.05, 4.69) is 41.7 Å². The number of benzene rings is 2. The summed E-state index contributed by atoms with van der Waals surface area (Å²) < 4.78 is 0. The fourth-order valence-corrected chi connectivity index (χ4v) is 3.04. The Balaban J connectivity index is 1.74. The molecule has 2 aromatic rings. The normalized spacial score (nSPS) is 11.4. The minimum atomic E-state index is 0.00353. The van der Waals surface area contributed by atoms with Gasteiger partial charge >= 0.3 is 0 Å². The predicted molar refractivity (Wildman–Crippen MR) is 115 cm³/mol. The Morgan fingerprint density at radius 1 is 0.815 bits per heavy atom. The van der Waals surface area contributed by atoms with Gasteiger partial charge in [0, 0.05) is 6.42 Å². The van der Waals surface area contributed by atoms with Crippen LogP contribution in [0.2, 0.25) is 0 Å². The zero-order chi connectivity index (χ0) is 19.3. The fourth-order valence-electron chi connectivity index (χ4n) is 3.04. The predicted octanol–water partition coefficient (Wildman–Crippen LogP) is 6.33. The number of unbranched alkanes of at least 4 members (excludes halogenated alkanes) is 6. The zero-order valence-corrected chi connectivity index (χ0v) is 16.7. The molecule has 0 atom stereocenters. The van der Waals surface area contributed by atoms with Crippen molar-refractivity contribution in [3.05, 3.63) is 60.2 Å². The highest BCUT2D eigenvalue weighted by molar-refractivity contribution is 5.99. The van der Waals surface area contributed by atoms with Gasteiger partial charge in [0.2, 0.25) is 5.91 Å². The molecule has 0 spiro atoms. The zero-order valence-electron chi connectivity index (χ0n) is 16.7. The highest BCUT2D eigenvalue weighted by Crippen LogP contribution is 2.19. The van der Waals surface area contributed by atoms with Crippen LogP contribution >= 0.6 is 0 Å². The summed E-state index contributed by atoms with van der Waals surface area (Å²) in [4.78, 5) is 11.9. The van der Waals surface area contributed by atoms with E-state index in [1.54, 1.807) is 0 Å². The van der Waals surface area contributed by atoms with Crippen molar-refractivity contribution >= 4 is 11.6 Å². The van der Waals surface area contributed by atoms with Crippen molar-refractivity contribution in [1.29, 1.82) is 0 Å². The molecule has 3 nitrogen and oxygen atoms in total. The van der Waals surface area contributed by atoms with Gasteiger partial charge in [-0.05, 0) is 30.0 Å². The topological polar surface area (TPSA) is 41.5 Å².